The number of halogens is 2. The molecule has 3 aromatic rings. The minimum Gasteiger partial charge on any atom is -0.331 e. The van der Waals surface area contributed by atoms with E-state index in [1.54, 1.807) is 17.4 Å². The van der Waals surface area contributed by atoms with E-state index in [0.29, 0.717) is 14.9 Å². The van der Waals surface area contributed by atoms with Gasteiger partial charge in [-0.15, -0.1) is 11.3 Å². The van der Waals surface area contributed by atoms with Gasteiger partial charge in [0.1, 0.15) is 5.82 Å². The van der Waals surface area contributed by atoms with Gasteiger partial charge in [-0.25, -0.2) is 9.37 Å². The van der Waals surface area contributed by atoms with E-state index in [9.17, 15) is 4.39 Å². The summed E-state index contributed by atoms with van der Waals surface area (Å²) in [6, 6.07) is 3.30. The quantitative estimate of drug-likeness (QED) is 0.511. The van der Waals surface area contributed by atoms with Gasteiger partial charge in [-0.3, -0.25) is 0 Å². The van der Waals surface area contributed by atoms with Crippen molar-refractivity contribution in [2.45, 2.75) is 13.5 Å². The van der Waals surface area contributed by atoms with Crippen LogP contribution in [0.4, 0.5) is 4.39 Å². The van der Waals surface area contributed by atoms with Gasteiger partial charge in [0.15, 0.2) is 4.77 Å². The molecule has 0 saturated carbocycles. The van der Waals surface area contributed by atoms with Crippen molar-refractivity contribution in [3.8, 4) is 0 Å². The fourth-order valence-corrected chi connectivity index (χ4v) is 3.47. The minimum absolute atomic E-state index is 0.226. The van der Waals surface area contributed by atoms with Crippen LogP contribution in [0.15, 0.2) is 18.3 Å². The lowest BCUT2D eigenvalue weighted by atomic mass is 10.3. The van der Waals surface area contributed by atoms with Crippen LogP contribution in [-0.4, -0.2) is 14.5 Å². The smallest absolute Gasteiger partial charge is 0.178 e. The molecule has 0 atom stereocenters. The Morgan fingerprint density at radius 1 is 1.53 bits per heavy atom. The molecular formula is C12H9FIN3S2. The Bertz CT molecular complexity index is 818. The molecule has 3 rings (SSSR count). The van der Waals surface area contributed by atoms with E-state index in [1.807, 2.05) is 40.3 Å². The van der Waals surface area contributed by atoms with E-state index in [2.05, 4.69) is 9.97 Å². The molecule has 2 aromatic heterocycles. The highest BCUT2D eigenvalue weighted by molar-refractivity contribution is 14.1. The van der Waals surface area contributed by atoms with E-state index >= 15 is 0 Å². The average molecular weight is 405 g/mol. The number of imidazole rings is 1. The van der Waals surface area contributed by atoms with Crippen molar-refractivity contribution in [2.75, 3.05) is 0 Å². The zero-order chi connectivity index (χ0) is 13.6. The van der Waals surface area contributed by atoms with Crippen molar-refractivity contribution in [3.05, 3.63) is 42.4 Å². The van der Waals surface area contributed by atoms with Crippen molar-refractivity contribution in [1.82, 2.24) is 14.5 Å². The first kappa shape index (κ1) is 13.2. The third-order valence-corrected chi connectivity index (χ3v) is 4.85. The SMILES string of the molecule is Cc1ncc(Cn2c(=S)[nH]c3cc(I)c(F)cc32)s1. The van der Waals surface area contributed by atoms with Crippen molar-refractivity contribution >= 4 is 57.2 Å². The van der Waals surface area contributed by atoms with E-state index in [-0.39, 0.29) is 5.82 Å². The molecule has 7 heteroatoms. The lowest BCUT2D eigenvalue weighted by molar-refractivity contribution is 0.621. The Labute approximate surface area is 131 Å². The van der Waals surface area contributed by atoms with Gasteiger partial charge in [0.05, 0.1) is 26.2 Å². The molecule has 1 aromatic carbocycles. The van der Waals surface area contributed by atoms with E-state index in [1.165, 1.54) is 6.07 Å². The molecule has 0 aliphatic rings. The number of H-pyrrole nitrogens is 1. The topological polar surface area (TPSA) is 33.6 Å². The zero-order valence-electron chi connectivity index (χ0n) is 9.91. The molecule has 2 heterocycles. The van der Waals surface area contributed by atoms with Crippen LogP contribution in [-0.2, 0) is 6.54 Å². The standard InChI is InChI=1S/C12H9FIN3S2/c1-6-15-4-7(19-6)5-17-11-2-8(13)9(14)3-10(11)16-12(17)18/h2-4H,5H2,1H3,(H,16,18). The summed E-state index contributed by atoms with van der Waals surface area (Å²) in [6.07, 6.45) is 1.84. The third kappa shape index (κ3) is 2.46. The number of benzene rings is 1. The van der Waals surface area contributed by atoms with Gasteiger partial charge in [-0.05, 0) is 47.8 Å². The number of aromatic nitrogens is 3. The molecule has 98 valence electrons. The van der Waals surface area contributed by atoms with Crippen LogP contribution in [0, 0.1) is 21.1 Å². The molecule has 3 nitrogen and oxygen atoms in total. The first-order valence-corrected chi connectivity index (χ1v) is 7.84. The first-order valence-electron chi connectivity index (χ1n) is 5.53. The molecular weight excluding hydrogens is 396 g/mol. The zero-order valence-corrected chi connectivity index (χ0v) is 13.7. The number of rotatable bonds is 2. The van der Waals surface area contributed by atoms with E-state index < -0.39 is 0 Å². The summed E-state index contributed by atoms with van der Waals surface area (Å²) in [7, 11) is 0. The van der Waals surface area contributed by atoms with Gasteiger partial charge in [-0.2, -0.15) is 0 Å². The van der Waals surface area contributed by atoms with Crippen molar-refractivity contribution < 1.29 is 4.39 Å². The maximum absolute atomic E-state index is 13.7. The summed E-state index contributed by atoms with van der Waals surface area (Å²) in [6.45, 7) is 2.58. The number of nitrogens with one attached hydrogen (secondary N) is 1. The predicted molar refractivity (Wildman–Crippen MR) is 85.8 cm³/mol. The minimum atomic E-state index is -0.226. The molecule has 0 bridgehead atoms. The summed E-state index contributed by atoms with van der Waals surface area (Å²) >= 11 is 8.91. The molecule has 19 heavy (non-hydrogen) atoms. The number of nitrogens with zero attached hydrogens (tertiary/aromatic N) is 2. The number of hydrogen-bond acceptors (Lipinski definition) is 3. The highest BCUT2D eigenvalue weighted by Gasteiger charge is 2.10. The number of fused-ring (bicyclic) bond motifs is 1. The van der Waals surface area contributed by atoms with E-state index in [0.717, 1.165) is 20.9 Å². The Morgan fingerprint density at radius 3 is 3.00 bits per heavy atom. The normalized spacial score (nSPS) is 11.3. The predicted octanol–water partition coefficient (Wildman–Crippen LogP) is 4.26. The summed E-state index contributed by atoms with van der Waals surface area (Å²) in [5.74, 6) is -0.226. The number of aromatic amines is 1. The highest BCUT2D eigenvalue weighted by Crippen LogP contribution is 2.22. The Morgan fingerprint density at radius 2 is 2.32 bits per heavy atom. The number of thiazole rings is 1. The Kier molecular flexibility index (Phi) is 3.44. The van der Waals surface area contributed by atoms with Crippen LogP contribution < -0.4 is 0 Å². The molecule has 0 aliphatic carbocycles. The van der Waals surface area contributed by atoms with E-state index in [4.69, 9.17) is 12.2 Å². The highest BCUT2D eigenvalue weighted by atomic mass is 127. The summed E-state index contributed by atoms with van der Waals surface area (Å²) in [5, 5.41) is 1.02. The van der Waals surface area contributed by atoms with Crippen LogP contribution in [0.25, 0.3) is 11.0 Å². The number of hydrogen-bond donors (Lipinski definition) is 1. The lowest BCUT2D eigenvalue weighted by Gasteiger charge is -2.02. The average Bonchev–Trinajstić information content (AvgIpc) is 2.87. The molecule has 1 N–H and O–H groups in total. The van der Waals surface area contributed by atoms with Crippen LogP contribution in [0.3, 0.4) is 0 Å². The van der Waals surface area contributed by atoms with Crippen molar-refractivity contribution in [1.29, 1.82) is 0 Å². The van der Waals surface area contributed by atoms with Crippen molar-refractivity contribution in [3.63, 3.8) is 0 Å². The summed E-state index contributed by atoms with van der Waals surface area (Å²) < 4.78 is 16.8. The molecule has 0 fully saturated rings. The van der Waals surface area contributed by atoms with Gasteiger partial charge in [0, 0.05) is 17.1 Å². The molecule has 0 amide bonds. The second-order valence-electron chi connectivity index (χ2n) is 4.15. The lowest BCUT2D eigenvalue weighted by Crippen LogP contribution is -1.98. The van der Waals surface area contributed by atoms with Crippen LogP contribution in [0.5, 0.6) is 0 Å². The summed E-state index contributed by atoms with van der Waals surface area (Å²) in [5.41, 5.74) is 1.64. The molecule has 0 unspecified atom stereocenters. The van der Waals surface area contributed by atoms with Gasteiger partial charge >= 0.3 is 0 Å². The summed E-state index contributed by atoms with van der Waals surface area (Å²) in [4.78, 5) is 8.44. The Hall–Kier alpha value is -0.800. The molecule has 0 aliphatic heterocycles. The maximum atomic E-state index is 13.7. The van der Waals surface area contributed by atoms with Crippen molar-refractivity contribution in [2.24, 2.45) is 0 Å². The van der Waals surface area contributed by atoms with Gasteiger partial charge in [0.2, 0.25) is 0 Å². The van der Waals surface area contributed by atoms with Gasteiger partial charge in [0.25, 0.3) is 0 Å². The Balaban J connectivity index is 2.15. The molecule has 0 saturated heterocycles. The third-order valence-electron chi connectivity index (χ3n) is 2.80. The van der Waals surface area contributed by atoms with Crippen LogP contribution >= 0.6 is 46.1 Å². The van der Waals surface area contributed by atoms with Gasteiger partial charge < -0.3 is 9.55 Å². The van der Waals surface area contributed by atoms with Crippen LogP contribution in [0.2, 0.25) is 0 Å². The second-order valence-corrected chi connectivity index (χ2v) is 7.01. The van der Waals surface area contributed by atoms with Gasteiger partial charge in [-0.1, -0.05) is 0 Å². The number of aryl methyl sites for hydroxylation is 1. The van der Waals surface area contributed by atoms with Crippen LogP contribution in [0.1, 0.15) is 9.88 Å². The fourth-order valence-electron chi connectivity index (χ4n) is 1.94. The second kappa shape index (κ2) is 4.95. The fraction of sp³-hybridized carbons (Fsp3) is 0.167. The first-order chi connectivity index (χ1) is 9.04. The molecule has 0 spiro atoms. The maximum Gasteiger partial charge on any atom is 0.178 e. The largest absolute Gasteiger partial charge is 0.331 e. The molecule has 0 radical (unpaired) electrons. The monoisotopic (exact) mass is 405 g/mol.